The van der Waals surface area contributed by atoms with Crippen molar-refractivity contribution in [1.29, 1.82) is 0 Å². The van der Waals surface area contributed by atoms with Crippen LogP contribution in [0.25, 0.3) is 0 Å². The first-order valence-electron chi connectivity index (χ1n) is 8.48. The Morgan fingerprint density at radius 2 is 1.52 bits per heavy atom. The third kappa shape index (κ3) is 6.45. The van der Waals surface area contributed by atoms with Crippen LogP contribution in [0.1, 0.15) is 53.2 Å². The lowest BCUT2D eigenvalue weighted by molar-refractivity contribution is -0.370. The van der Waals surface area contributed by atoms with Crippen molar-refractivity contribution in [3.8, 4) is 5.75 Å². The summed E-state index contributed by atoms with van der Waals surface area (Å²) in [5.74, 6) is 0.276. The minimum atomic E-state index is -1.91. The van der Waals surface area contributed by atoms with Gasteiger partial charge in [0, 0.05) is 0 Å². The van der Waals surface area contributed by atoms with Gasteiger partial charge in [0.15, 0.2) is 0 Å². The molecule has 1 atom stereocenters. The van der Waals surface area contributed by atoms with E-state index in [0.29, 0.717) is 5.56 Å². The third-order valence-electron chi connectivity index (χ3n) is 4.17. The molecule has 1 aromatic carbocycles. The number of carbonyl (C=O) groups excluding carboxylic acids is 1. The molecule has 0 aliphatic heterocycles. The predicted octanol–water partition coefficient (Wildman–Crippen LogP) is 5.03. The van der Waals surface area contributed by atoms with E-state index >= 15 is 0 Å². The summed E-state index contributed by atoms with van der Waals surface area (Å²) in [6.45, 7) is 16.5. The van der Waals surface area contributed by atoms with Crippen LogP contribution in [0.5, 0.6) is 5.75 Å². The Balaban J connectivity index is 2.95. The van der Waals surface area contributed by atoms with Gasteiger partial charge in [0.1, 0.15) is 5.75 Å². The van der Waals surface area contributed by atoms with Gasteiger partial charge in [0.25, 0.3) is 0 Å². The highest BCUT2D eigenvalue weighted by atomic mass is 28.4. The monoisotopic (exact) mass is 368 g/mol. The summed E-state index contributed by atoms with van der Waals surface area (Å²) in [6.07, 6.45) is -0.939. The zero-order valence-electron chi connectivity index (χ0n) is 16.9. The van der Waals surface area contributed by atoms with E-state index in [4.69, 9.17) is 18.9 Å². The Morgan fingerprint density at radius 3 is 1.92 bits per heavy atom. The third-order valence-corrected chi connectivity index (χ3v) is 8.53. The highest BCUT2D eigenvalue weighted by Crippen LogP contribution is 2.37. The smallest absolute Gasteiger partial charge is 0.343 e. The summed E-state index contributed by atoms with van der Waals surface area (Å²) in [4.78, 5) is 22.7. The maximum absolute atomic E-state index is 12.0. The fraction of sp³-hybridized carbons (Fsp3) is 0.632. The zero-order chi connectivity index (χ0) is 19.5. The first kappa shape index (κ1) is 21.7. The van der Waals surface area contributed by atoms with Crippen LogP contribution in [-0.2, 0) is 19.3 Å². The Morgan fingerprint density at radius 1 is 1.00 bits per heavy atom. The summed E-state index contributed by atoms with van der Waals surface area (Å²) in [6, 6.07) is 7.31. The molecular weight excluding hydrogens is 336 g/mol. The molecule has 0 saturated carbocycles. The molecule has 0 bridgehead atoms. The lowest BCUT2D eigenvalue weighted by atomic mass is 10.1. The van der Waals surface area contributed by atoms with Gasteiger partial charge < -0.3 is 9.16 Å². The normalized spacial score (nSPS) is 14.1. The average Bonchev–Trinajstić information content (AvgIpc) is 2.46. The van der Waals surface area contributed by atoms with Crippen LogP contribution in [0.2, 0.25) is 18.1 Å². The molecule has 142 valence electrons. The fourth-order valence-electron chi connectivity index (χ4n) is 1.69. The second-order valence-electron chi connectivity index (χ2n) is 8.63. The molecule has 25 heavy (non-hydrogen) atoms. The van der Waals surface area contributed by atoms with Crippen LogP contribution in [-0.4, -0.2) is 27.0 Å². The first-order valence-corrected chi connectivity index (χ1v) is 11.4. The summed E-state index contributed by atoms with van der Waals surface area (Å²) < 4.78 is 11.1. The van der Waals surface area contributed by atoms with Crippen molar-refractivity contribution in [3.63, 3.8) is 0 Å². The van der Waals surface area contributed by atoms with E-state index in [1.54, 1.807) is 12.1 Å². The Kier molecular flexibility index (Phi) is 6.84. The fourth-order valence-corrected chi connectivity index (χ4v) is 2.72. The van der Waals surface area contributed by atoms with Crippen molar-refractivity contribution >= 4 is 14.3 Å². The van der Waals surface area contributed by atoms with Crippen LogP contribution in [0.4, 0.5) is 0 Å². The Hall–Kier alpha value is -1.37. The zero-order valence-corrected chi connectivity index (χ0v) is 17.9. The number of benzene rings is 1. The second-order valence-corrected chi connectivity index (χ2v) is 13.4. The Bertz CT molecular complexity index is 567. The van der Waals surface area contributed by atoms with Crippen molar-refractivity contribution in [2.45, 2.75) is 71.4 Å². The second kappa shape index (κ2) is 7.89. The molecule has 0 N–H and O–H groups in total. The van der Waals surface area contributed by atoms with Gasteiger partial charge in [0.05, 0.1) is 12.7 Å². The highest BCUT2D eigenvalue weighted by Gasteiger charge is 2.39. The van der Waals surface area contributed by atoms with E-state index < -0.39 is 26.0 Å². The summed E-state index contributed by atoms with van der Waals surface area (Å²) >= 11 is 0. The standard InChI is InChI=1S/C19H32O5Si/c1-18(2,3)24-22-16(17(20)21-7)14-10-12-15(13-11-14)23-25(8,9)19(4,5)6/h10-13,16H,1-9H3/t16-/m1/s1. The topological polar surface area (TPSA) is 54.0 Å². The van der Waals surface area contributed by atoms with E-state index in [2.05, 4.69) is 33.9 Å². The molecule has 0 fully saturated rings. The summed E-state index contributed by atoms with van der Waals surface area (Å²) in [5, 5.41) is 0.115. The molecule has 0 radical (unpaired) electrons. The Labute approximate surface area is 152 Å². The van der Waals surface area contributed by atoms with E-state index in [9.17, 15) is 4.79 Å². The van der Waals surface area contributed by atoms with Gasteiger partial charge in [-0.05, 0) is 56.6 Å². The largest absolute Gasteiger partial charge is 0.544 e. The maximum Gasteiger partial charge on any atom is 0.343 e. The van der Waals surface area contributed by atoms with E-state index in [1.807, 2.05) is 32.9 Å². The average molecular weight is 369 g/mol. The molecule has 1 aromatic rings. The van der Waals surface area contributed by atoms with Crippen LogP contribution in [0.15, 0.2) is 24.3 Å². The first-order chi connectivity index (χ1) is 11.3. The minimum absolute atomic E-state index is 0.115. The molecule has 0 aliphatic carbocycles. The van der Waals surface area contributed by atoms with Gasteiger partial charge in [0.2, 0.25) is 14.4 Å². The van der Waals surface area contributed by atoms with Crippen molar-refractivity contribution in [1.82, 2.24) is 0 Å². The van der Waals surface area contributed by atoms with E-state index in [-0.39, 0.29) is 5.04 Å². The van der Waals surface area contributed by atoms with Crippen LogP contribution in [0, 0.1) is 0 Å². The van der Waals surface area contributed by atoms with Crippen molar-refractivity contribution in [2.24, 2.45) is 0 Å². The minimum Gasteiger partial charge on any atom is -0.544 e. The van der Waals surface area contributed by atoms with Crippen LogP contribution >= 0.6 is 0 Å². The van der Waals surface area contributed by atoms with Crippen LogP contribution in [0.3, 0.4) is 0 Å². The van der Waals surface area contributed by atoms with Crippen molar-refractivity contribution < 1.29 is 23.7 Å². The van der Waals surface area contributed by atoms with Gasteiger partial charge in [-0.2, -0.15) is 0 Å². The molecule has 0 spiro atoms. The lowest BCUT2D eigenvalue weighted by Crippen LogP contribution is -2.43. The molecule has 5 nitrogen and oxygen atoms in total. The molecule has 0 amide bonds. The SMILES string of the molecule is COC(=O)[C@H](OOC(C)(C)C)c1ccc(O[Si](C)(C)C(C)(C)C)cc1. The molecule has 0 aromatic heterocycles. The number of carbonyl (C=O) groups is 1. The van der Waals surface area contributed by atoms with Gasteiger partial charge in [-0.25, -0.2) is 14.6 Å². The summed E-state index contributed by atoms with van der Waals surface area (Å²) in [7, 11) is -0.583. The van der Waals surface area contributed by atoms with Crippen molar-refractivity contribution in [2.75, 3.05) is 7.11 Å². The van der Waals surface area contributed by atoms with Crippen molar-refractivity contribution in [3.05, 3.63) is 29.8 Å². The molecule has 0 heterocycles. The highest BCUT2D eigenvalue weighted by molar-refractivity contribution is 6.74. The van der Waals surface area contributed by atoms with Gasteiger partial charge >= 0.3 is 5.97 Å². The molecule has 0 unspecified atom stereocenters. The quantitative estimate of drug-likeness (QED) is 0.305. The van der Waals surface area contributed by atoms with Gasteiger partial charge in [-0.1, -0.05) is 32.9 Å². The van der Waals surface area contributed by atoms with E-state index in [0.717, 1.165) is 5.75 Å². The lowest BCUT2D eigenvalue weighted by Gasteiger charge is -2.36. The number of esters is 1. The molecule has 6 heteroatoms. The number of methoxy groups -OCH3 is 1. The predicted molar refractivity (Wildman–Crippen MR) is 101 cm³/mol. The number of ether oxygens (including phenoxy) is 1. The number of hydrogen-bond donors (Lipinski definition) is 0. The number of hydrogen-bond acceptors (Lipinski definition) is 5. The van der Waals surface area contributed by atoms with E-state index in [1.165, 1.54) is 7.11 Å². The van der Waals surface area contributed by atoms with Gasteiger partial charge in [-0.3, -0.25) is 0 Å². The molecule has 0 aliphatic rings. The molecular formula is C19H32O5Si. The number of rotatable bonds is 6. The molecule has 1 rings (SSSR count). The molecule has 0 saturated heterocycles. The van der Waals surface area contributed by atoms with Gasteiger partial charge in [-0.15, -0.1) is 0 Å². The summed E-state index contributed by atoms with van der Waals surface area (Å²) in [5.41, 5.74) is 0.121. The van der Waals surface area contributed by atoms with Crippen LogP contribution < -0.4 is 4.43 Å². The maximum atomic E-state index is 12.0.